The van der Waals surface area contributed by atoms with Crippen LogP contribution in [-0.4, -0.2) is 24.8 Å². The lowest BCUT2D eigenvalue weighted by molar-refractivity contribution is 0.200. The molecule has 0 aromatic heterocycles. The molecule has 1 aliphatic rings. The fourth-order valence-corrected chi connectivity index (χ4v) is 2.12. The van der Waals surface area contributed by atoms with E-state index in [0.717, 1.165) is 23.2 Å². The highest BCUT2D eigenvalue weighted by Gasteiger charge is 2.27. The number of nitriles is 1. The van der Waals surface area contributed by atoms with Crippen molar-refractivity contribution in [1.82, 2.24) is 0 Å². The highest BCUT2D eigenvalue weighted by atomic mass is 79.9. The fourth-order valence-electron chi connectivity index (χ4n) is 1.76. The van der Waals surface area contributed by atoms with Crippen LogP contribution in [-0.2, 0) is 0 Å². The molecule has 3 nitrogen and oxygen atoms in total. The van der Waals surface area contributed by atoms with Crippen LogP contribution in [0.15, 0.2) is 22.7 Å². The Bertz CT molecular complexity index is 408. The average molecular weight is 267 g/mol. The summed E-state index contributed by atoms with van der Waals surface area (Å²) in [6, 6.07) is 7.88. The number of benzene rings is 1. The summed E-state index contributed by atoms with van der Waals surface area (Å²) < 4.78 is 0.919. The van der Waals surface area contributed by atoms with Gasteiger partial charge in [-0.05, 0) is 18.2 Å². The highest BCUT2D eigenvalue weighted by molar-refractivity contribution is 9.10. The molecule has 0 saturated carbocycles. The van der Waals surface area contributed by atoms with Crippen LogP contribution in [0.1, 0.15) is 5.56 Å². The van der Waals surface area contributed by atoms with E-state index >= 15 is 0 Å². The van der Waals surface area contributed by atoms with Gasteiger partial charge in [0.25, 0.3) is 0 Å². The number of anilines is 1. The zero-order chi connectivity index (χ0) is 10.8. The molecule has 1 aromatic rings. The summed E-state index contributed by atoms with van der Waals surface area (Å²) in [4.78, 5) is 2.12. The van der Waals surface area contributed by atoms with Crippen LogP contribution in [0.4, 0.5) is 5.69 Å². The van der Waals surface area contributed by atoms with Gasteiger partial charge in [0.15, 0.2) is 0 Å². The molecule has 0 atom stereocenters. The topological polar surface area (TPSA) is 47.3 Å². The van der Waals surface area contributed by atoms with Crippen molar-refractivity contribution in [1.29, 1.82) is 5.26 Å². The Balaban J connectivity index is 2.20. The molecule has 0 bridgehead atoms. The Morgan fingerprint density at radius 1 is 1.53 bits per heavy atom. The van der Waals surface area contributed by atoms with Gasteiger partial charge in [-0.3, -0.25) is 0 Å². The molecule has 15 heavy (non-hydrogen) atoms. The standard InChI is InChI=1S/C11H11BrN2O/c12-10-1-2-11(9(3-10)4-13)14-5-8(6-14)7-15/h1-3,8,15H,5-7H2. The van der Waals surface area contributed by atoms with E-state index < -0.39 is 0 Å². The molecule has 0 aliphatic carbocycles. The summed E-state index contributed by atoms with van der Waals surface area (Å²) in [7, 11) is 0. The highest BCUT2D eigenvalue weighted by Crippen LogP contribution is 2.29. The van der Waals surface area contributed by atoms with Gasteiger partial charge in [0.2, 0.25) is 0 Å². The monoisotopic (exact) mass is 266 g/mol. The van der Waals surface area contributed by atoms with Crippen LogP contribution in [0.3, 0.4) is 0 Å². The first kappa shape index (κ1) is 10.5. The number of halogens is 1. The van der Waals surface area contributed by atoms with Crippen molar-refractivity contribution >= 4 is 21.6 Å². The van der Waals surface area contributed by atoms with E-state index in [2.05, 4.69) is 26.9 Å². The number of aliphatic hydroxyl groups is 1. The Labute approximate surface area is 97.1 Å². The smallest absolute Gasteiger partial charge is 0.101 e. The van der Waals surface area contributed by atoms with E-state index in [4.69, 9.17) is 10.4 Å². The van der Waals surface area contributed by atoms with Crippen molar-refractivity contribution in [3.05, 3.63) is 28.2 Å². The summed E-state index contributed by atoms with van der Waals surface area (Å²) in [6.45, 7) is 1.91. The summed E-state index contributed by atoms with van der Waals surface area (Å²) in [5.74, 6) is 0.361. The van der Waals surface area contributed by atoms with E-state index in [1.54, 1.807) is 0 Å². The molecule has 4 heteroatoms. The van der Waals surface area contributed by atoms with Crippen molar-refractivity contribution in [2.24, 2.45) is 5.92 Å². The minimum atomic E-state index is 0.231. The first-order chi connectivity index (χ1) is 7.24. The SMILES string of the molecule is N#Cc1cc(Br)ccc1N1CC(CO)C1. The third kappa shape index (κ3) is 1.99. The molecular formula is C11H11BrN2O. The summed E-state index contributed by atoms with van der Waals surface area (Å²) in [5.41, 5.74) is 1.64. The van der Waals surface area contributed by atoms with Gasteiger partial charge in [-0.2, -0.15) is 5.26 Å². The quantitative estimate of drug-likeness (QED) is 0.888. The molecule has 0 spiro atoms. The van der Waals surface area contributed by atoms with Gasteiger partial charge in [-0.1, -0.05) is 15.9 Å². The molecule has 1 aliphatic heterocycles. The Morgan fingerprint density at radius 3 is 2.87 bits per heavy atom. The second-order valence-electron chi connectivity index (χ2n) is 3.73. The van der Waals surface area contributed by atoms with Crippen LogP contribution in [0, 0.1) is 17.2 Å². The third-order valence-electron chi connectivity index (χ3n) is 2.64. The summed E-state index contributed by atoms with van der Waals surface area (Å²) >= 11 is 3.34. The van der Waals surface area contributed by atoms with Crippen LogP contribution in [0.25, 0.3) is 0 Å². The van der Waals surface area contributed by atoms with Crippen LogP contribution in [0.5, 0.6) is 0 Å². The van der Waals surface area contributed by atoms with Gasteiger partial charge in [0.05, 0.1) is 11.3 Å². The number of hydrogen-bond donors (Lipinski definition) is 1. The predicted molar refractivity (Wildman–Crippen MR) is 61.6 cm³/mol. The van der Waals surface area contributed by atoms with Crippen molar-refractivity contribution < 1.29 is 5.11 Å². The van der Waals surface area contributed by atoms with E-state index in [0.29, 0.717) is 11.5 Å². The van der Waals surface area contributed by atoms with Gasteiger partial charge in [0, 0.05) is 30.1 Å². The van der Waals surface area contributed by atoms with Crippen molar-refractivity contribution in [3.8, 4) is 6.07 Å². The molecular weight excluding hydrogens is 256 g/mol. The lowest BCUT2D eigenvalue weighted by Crippen LogP contribution is -2.48. The van der Waals surface area contributed by atoms with Gasteiger partial charge in [-0.25, -0.2) is 0 Å². The van der Waals surface area contributed by atoms with Crippen molar-refractivity contribution in [2.45, 2.75) is 0 Å². The van der Waals surface area contributed by atoms with Gasteiger partial charge in [0.1, 0.15) is 6.07 Å². The van der Waals surface area contributed by atoms with Crippen LogP contribution >= 0.6 is 15.9 Å². The van der Waals surface area contributed by atoms with E-state index in [9.17, 15) is 0 Å². The van der Waals surface area contributed by atoms with E-state index in [1.165, 1.54) is 0 Å². The van der Waals surface area contributed by atoms with E-state index in [1.807, 2.05) is 18.2 Å². The first-order valence-corrected chi connectivity index (χ1v) is 5.59. The van der Waals surface area contributed by atoms with Crippen LogP contribution < -0.4 is 4.90 Å². The molecule has 0 radical (unpaired) electrons. The van der Waals surface area contributed by atoms with Gasteiger partial charge in [-0.15, -0.1) is 0 Å². The number of nitrogens with zero attached hydrogens (tertiary/aromatic N) is 2. The van der Waals surface area contributed by atoms with Crippen molar-refractivity contribution in [3.63, 3.8) is 0 Å². The molecule has 0 amide bonds. The normalized spacial score (nSPS) is 15.9. The lowest BCUT2D eigenvalue weighted by Gasteiger charge is -2.40. The molecule has 78 valence electrons. The molecule has 1 heterocycles. The molecule has 0 unspecified atom stereocenters. The predicted octanol–water partition coefficient (Wildman–Crippen LogP) is 1.75. The fraction of sp³-hybridized carbons (Fsp3) is 0.364. The maximum Gasteiger partial charge on any atom is 0.101 e. The molecule has 1 N–H and O–H groups in total. The summed E-state index contributed by atoms with van der Waals surface area (Å²) in [5, 5.41) is 17.9. The third-order valence-corrected chi connectivity index (χ3v) is 3.13. The Kier molecular flexibility index (Phi) is 2.94. The first-order valence-electron chi connectivity index (χ1n) is 4.80. The minimum absolute atomic E-state index is 0.231. The molecule has 1 saturated heterocycles. The average Bonchev–Trinajstić information content (AvgIpc) is 2.18. The van der Waals surface area contributed by atoms with Gasteiger partial charge >= 0.3 is 0 Å². The summed E-state index contributed by atoms with van der Waals surface area (Å²) in [6.07, 6.45) is 0. The molecule has 1 aromatic carbocycles. The second kappa shape index (κ2) is 4.21. The lowest BCUT2D eigenvalue weighted by atomic mass is 9.99. The van der Waals surface area contributed by atoms with Crippen molar-refractivity contribution in [2.75, 3.05) is 24.6 Å². The molecule has 1 fully saturated rings. The van der Waals surface area contributed by atoms with E-state index in [-0.39, 0.29) is 6.61 Å². The number of aliphatic hydroxyl groups excluding tert-OH is 1. The maximum absolute atomic E-state index is 8.99. The Hall–Kier alpha value is -1.05. The number of rotatable bonds is 2. The molecule has 2 rings (SSSR count). The Morgan fingerprint density at radius 2 is 2.27 bits per heavy atom. The zero-order valence-corrected chi connectivity index (χ0v) is 9.74. The number of hydrogen-bond acceptors (Lipinski definition) is 3. The van der Waals surface area contributed by atoms with Gasteiger partial charge < -0.3 is 10.0 Å². The zero-order valence-electron chi connectivity index (χ0n) is 8.15. The largest absolute Gasteiger partial charge is 0.396 e. The second-order valence-corrected chi connectivity index (χ2v) is 4.64. The van der Waals surface area contributed by atoms with Crippen LogP contribution in [0.2, 0.25) is 0 Å². The maximum atomic E-state index is 8.99. The minimum Gasteiger partial charge on any atom is -0.396 e.